The Hall–Kier alpha value is -2.43. The summed E-state index contributed by atoms with van der Waals surface area (Å²) in [5, 5.41) is 0. The fraction of sp³-hybridized carbons (Fsp3) is 0.421. The number of hydrogen-bond acceptors (Lipinski definition) is 4. The smallest absolute Gasteiger partial charge is 0.132 e. The third-order valence-electron chi connectivity index (χ3n) is 5.56. The molecule has 0 amide bonds. The van der Waals surface area contributed by atoms with E-state index in [1.54, 1.807) is 6.33 Å². The molecule has 0 radical (unpaired) electrons. The first-order valence-corrected chi connectivity index (χ1v) is 8.87. The van der Waals surface area contributed by atoms with Crippen molar-refractivity contribution in [1.29, 1.82) is 0 Å². The zero-order valence-electron chi connectivity index (χ0n) is 13.7. The van der Waals surface area contributed by atoms with Gasteiger partial charge in [0.1, 0.15) is 12.1 Å². The van der Waals surface area contributed by atoms with Gasteiger partial charge in [0.15, 0.2) is 0 Å². The van der Waals surface area contributed by atoms with Crippen molar-refractivity contribution in [3.05, 3.63) is 48.7 Å². The van der Waals surface area contributed by atoms with E-state index in [9.17, 15) is 0 Å². The Bertz CT molecular complexity index is 867. The maximum Gasteiger partial charge on any atom is 0.132 e. The number of fused-ring (bicyclic) bond motifs is 1. The van der Waals surface area contributed by atoms with Crippen LogP contribution in [0.25, 0.3) is 11.0 Å². The quantitative estimate of drug-likeness (QED) is 0.741. The summed E-state index contributed by atoms with van der Waals surface area (Å²) >= 11 is 0. The minimum absolute atomic E-state index is 0.458. The van der Waals surface area contributed by atoms with Crippen molar-refractivity contribution < 1.29 is 0 Å². The van der Waals surface area contributed by atoms with E-state index >= 15 is 0 Å². The normalized spacial score (nSPS) is 21.3. The van der Waals surface area contributed by atoms with Crippen molar-refractivity contribution in [3.63, 3.8) is 0 Å². The Morgan fingerprint density at radius 3 is 2.79 bits per heavy atom. The lowest BCUT2D eigenvalue weighted by Gasteiger charge is -2.26. The van der Waals surface area contributed by atoms with Crippen molar-refractivity contribution in [2.24, 2.45) is 0 Å². The van der Waals surface area contributed by atoms with Gasteiger partial charge in [0, 0.05) is 30.8 Å². The van der Waals surface area contributed by atoms with Gasteiger partial charge in [0.05, 0.1) is 23.4 Å². The minimum Gasteiger partial charge on any atom is -0.354 e. The van der Waals surface area contributed by atoms with Gasteiger partial charge in [-0.15, -0.1) is 0 Å². The first-order chi connectivity index (χ1) is 11.9. The van der Waals surface area contributed by atoms with Crippen LogP contribution in [0.2, 0.25) is 0 Å². The lowest BCUT2D eigenvalue weighted by atomic mass is 9.83. The maximum atomic E-state index is 4.54. The molecule has 1 saturated carbocycles. The van der Waals surface area contributed by atoms with E-state index in [2.05, 4.69) is 48.7 Å². The molecule has 0 spiro atoms. The highest BCUT2D eigenvalue weighted by Crippen LogP contribution is 2.36. The average Bonchev–Trinajstić information content (AvgIpc) is 3.20. The number of aromatic nitrogens is 4. The summed E-state index contributed by atoms with van der Waals surface area (Å²) in [6, 6.07) is 11.0. The van der Waals surface area contributed by atoms with E-state index in [0.717, 1.165) is 30.8 Å². The van der Waals surface area contributed by atoms with Gasteiger partial charge in [0.25, 0.3) is 0 Å². The van der Waals surface area contributed by atoms with Crippen molar-refractivity contribution in [2.75, 3.05) is 18.0 Å². The van der Waals surface area contributed by atoms with Gasteiger partial charge in [-0.2, -0.15) is 0 Å². The van der Waals surface area contributed by atoms with E-state index in [-0.39, 0.29) is 0 Å². The summed E-state index contributed by atoms with van der Waals surface area (Å²) in [7, 11) is 0. The van der Waals surface area contributed by atoms with Gasteiger partial charge in [-0.25, -0.2) is 15.0 Å². The van der Waals surface area contributed by atoms with E-state index < -0.39 is 0 Å². The average molecular weight is 319 g/mol. The second-order valence-corrected chi connectivity index (χ2v) is 6.96. The molecule has 0 N–H and O–H groups in total. The Morgan fingerprint density at radius 2 is 1.92 bits per heavy atom. The SMILES string of the molecule is c1ccc2c(c1)ncn2[C@@H]1CCN(c2cc(C3CCC3)ncn2)C1. The van der Waals surface area contributed by atoms with Gasteiger partial charge < -0.3 is 9.47 Å². The zero-order valence-corrected chi connectivity index (χ0v) is 13.7. The van der Waals surface area contributed by atoms with Crippen molar-refractivity contribution in [2.45, 2.75) is 37.6 Å². The second kappa shape index (κ2) is 5.58. The van der Waals surface area contributed by atoms with Gasteiger partial charge in [0.2, 0.25) is 0 Å². The van der Waals surface area contributed by atoms with E-state index in [1.807, 2.05) is 12.4 Å². The first-order valence-electron chi connectivity index (χ1n) is 8.87. The van der Waals surface area contributed by atoms with Crippen LogP contribution in [0, 0.1) is 0 Å². The molecule has 5 nitrogen and oxygen atoms in total. The van der Waals surface area contributed by atoms with Gasteiger partial charge in [-0.3, -0.25) is 0 Å². The molecule has 3 aromatic rings. The zero-order chi connectivity index (χ0) is 15.9. The number of hydrogen-bond donors (Lipinski definition) is 0. The topological polar surface area (TPSA) is 46.8 Å². The maximum absolute atomic E-state index is 4.54. The van der Waals surface area contributed by atoms with Gasteiger partial charge in [-0.1, -0.05) is 18.6 Å². The molecule has 1 saturated heterocycles. The van der Waals surface area contributed by atoms with Crippen LogP contribution in [0.15, 0.2) is 43.0 Å². The largest absolute Gasteiger partial charge is 0.354 e. The monoisotopic (exact) mass is 319 g/mol. The van der Waals surface area contributed by atoms with Crippen LogP contribution < -0.4 is 4.90 Å². The molecule has 2 aliphatic rings. The molecule has 2 aromatic heterocycles. The molecule has 0 unspecified atom stereocenters. The minimum atomic E-state index is 0.458. The number of imidazole rings is 1. The fourth-order valence-corrected chi connectivity index (χ4v) is 3.91. The molecule has 2 fully saturated rings. The predicted octanol–water partition coefficient (Wildman–Crippen LogP) is 3.55. The number of anilines is 1. The van der Waals surface area contributed by atoms with Crippen LogP contribution in [0.5, 0.6) is 0 Å². The third-order valence-corrected chi connectivity index (χ3v) is 5.56. The van der Waals surface area contributed by atoms with E-state index in [4.69, 9.17) is 0 Å². The highest BCUT2D eigenvalue weighted by molar-refractivity contribution is 5.75. The van der Waals surface area contributed by atoms with Crippen molar-refractivity contribution >= 4 is 16.9 Å². The molecular formula is C19H21N5. The highest BCUT2D eigenvalue weighted by atomic mass is 15.3. The van der Waals surface area contributed by atoms with Crippen LogP contribution in [0.1, 0.15) is 43.3 Å². The Labute approximate surface area is 141 Å². The number of rotatable bonds is 3. The summed E-state index contributed by atoms with van der Waals surface area (Å²) in [5.41, 5.74) is 3.52. The molecule has 5 heteroatoms. The molecule has 0 bridgehead atoms. The van der Waals surface area contributed by atoms with E-state index in [0.29, 0.717) is 12.0 Å². The molecule has 1 aliphatic carbocycles. The van der Waals surface area contributed by atoms with Gasteiger partial charge in [-0.05, 0) is 31.4 Å². The number of para-hydroxylation sites is 2. The Balaban J connectivity index is 1.39. The molecular weight excluding hydrogens is 298 g/mol. The molecule has 1 aliphatic heterocycles. The summed E-state index contributed by atoms with van der Waals surface area (Å²) < 4.78 is 2.32. The number of benzene rings is 1. The van der Waals surface area contributed by atoms with Crippen molar-refractivity contribution in [3.8, 4) is 0 Å². The molecule has 1 aromatic carbocycles. The third kappa shape index (κ3) is 2.27. The van der Waals surface area contributed by atoms with E-state index in [1.165, 1.54) is 30.5 Å². The predicted molar refractivity (Wildman–Crippen MR) is 94.2 cm³/mol. The first kappa shape index (κ1) is 14.0. The Kier molecular flexibility index (Phi) is 3.25. The molecule has 3 heterocycles. The molecule has 1 atom stereocenters. The summed E-state index contributed by atoms with van der Waals surface area (Å²) in [5.74, 6) is 1.74. The van der Waals surface area contributed by atoms with Crippen LogP contribution in [-0.4, -0.2) is 32.6 Å². The molecule has 122 valence electrons. The van der Waals surface area contributed by atoms with Crippen LogP contribution >= 0.6 is 0 Å². The summed E-state index contributed by atoms with van der Waals surface area (Å²) in [6.07, 6.45) is 8.74. The second-order valence-electron chi connectivity index (χ2n) is 6.96. The summed E-state index contributed by atoms with van der Waals surface area (Å²) in [4.78, 5) is 15.9. The Morgan fingerprint density at radius 1 is 1.00 bits per heavy atom. The fourth-order valence-electron chi connectivity index (χ4n) is 3.91. The van der Waals surface area contributed by atoms with Crippen LogP contribution in [0.4, 0.5) is 5.82 Å². The highest BCUT2D eigenvalue weighted by Gasteiger charge is 2.27. The van der Waals surface area contributed by atoms with Gasteiger partial charge >= 0.3 is 0 Å². The van der Waals surface area contributed by atoms with Crippen molar-refractivity contribution in [1.82, 2.24) is 19.5 Å². The number of nitrogens with zero attached hydrogens (tertiary/aromatic N) is 5. The molecule has 24 heavy (non-hydrogen) atoms. The lowest BCUT2D eigenvalue weighted by molar-refractivity contribution is 0.410. The molecule has 5 rings (SSSR count). The van der Waals surface area contributed by atoms with Crippen LogP contribution in [0.3, 0.4) is 0 Å². The standard InChI is InChI=1S/C19H21N5/c1-2-7-18-16(6-1)22-13-24(18)15-8-9-23(11-15)19-10-17(20-12-21-19)14-4-3-5-14/h1-2,6-7,10,12-15H,3-5,8-9,11H2/t15-/m1/s1. The van der Waals surface area contributed by atoms with Crippen LogP contribution in [-0.2, 0) is 0 Å². The summed E-state index contributed by atoms with van der Waals surface area (Å²) in [6.45, 7) is 2.03. The lowest BCUT2D eigenvalue weighted by Crippen LogP contribution is -2.22.